The van der Waals surface area contributed by atoms with E-state index >= 15 is 0 Å². The third kappa shape index (κ3) is 7.49. The van der Waals surface area contributed by atoms with Gasteiger partial charge in [0.1, 0.15) is 0 Å². The number of thiophene rings is 1. The Kier molecular flexibility index (Phi) is 11.1. The highest BCUT2D eigenvalue weighted by Crippen LogP contribution is 2.65. The molecule has 4 nitrogen and oxygen atoms in total. The summed E-state index contributed by atoms with van der Waals surface area (Å²) >= 11 is 1.91. The van der Waals surface area contributed by atoms with Crippen LogP contribution in [0.2, 0.25) is 0 Å². The molecule has 0 amide bonds. The molecule has 5 aliphatic rings. The number of anilines is 12. The number of hydrogen-bond donors (Lipinski definition) is 0. The Labute approximate surface area is 522 Å². The van der Waals surface area contributed by atoms with Crippen molar-refractivity contribution in [2.45, 2.75) is 0 Å². The van der Waals surface area contributed by atoms with Gasteiger partial charge >= 0.3 is 0 Å². The van der Waals surface area contributed by atoms with Gasteiger partial charge in [-0.3, -0.25) is 0 Å². The zero-order chi connectivity index (χ0) is 58.3. The lowest BCUT2D eigenvalue weighted by atomic mass is 9.31. The predicted molar refractivity (Wildman–Crippen MR) is 379 cm³/mol. The molecular weight excluding hydrogens is 1090 g/mol. The highest BCUT2D eigenvalue weighted by molar-refractivity contribution is 7.20. The summed E-state index contributed by atoms with van der Waals surface area (Å²) in [6.07, 6.45) is 0. The van der Waals surface area contributed by atoms with Crippen molar-refractivity contribution in [2.24, 2.45) is 0 Å². The van der Waals surface area contributed by atoms with E-state index in [1.165, 1.54) is 155 Å². The predicted octanol–water partition coefficient (Wildman–Crippen LogP) is 18.2. The van der Waals surface area contributed by atoms with Gasteiger partial charge in [-0.15, -0.1) is 11.3 Å². The molecule has 7 heteroatoms. The summed E-state index contributed by atoms with van der Waals surface area (Å²) in [5.74, 6) is 0. The highest BCUT2D eigenvalue weighted by atomic mass is 32.1. The van der Waals surface area contributed by atoms with Crippen molar-refractivity contribution < 1.29 is 0 Å². The first-order chi connectivity index (χ1) is 44.2. The lowest BCUT2D eigenvalue weighted by Crippen LogP contribution is -2.65. The molecule has 0 N–H and O–H groups in total. The Morgan fingerprint density at radius 2 is 0.528 bits per heavy atom. The summed E-state index contributed by atoms with van der Waals surface area (Å²) in [5.41, 5.74) is 34.0. The van der Waals surface area contributed by atoms with Crippen molar-refractivity contribution >= 4 is 126 Å². The molecule has 19 rings (SSSR count). The van der Waals surface area contributed by atoms with E-state index in [9.17, 15) is 0 Å². The third-order valence-electron chi connectivity index (χ3n) is 19.2. The molecule has 13 aromatic carbocycles. The second-order valence-electron chi connectivity index (χ2n) is 23.9. The van der Waals surface area contributed by atoms with Gasteiger partial charge in [-0.2, -0.15) is 0 Å². The van der Waals surface area contributed by atoms with Crippen LogP contribution in [0.15, 0.2) is 315 Å². The van der Waals surface area contributed by atoms with Crippen LogP contribution in [0, 0.1) is 0 Å². The molecule has 0 bridgehead atoms. The number of nitrogens with zero attached hydrogens (tertiary/aromatic N) is 4. The van der Waals surface area contributed by atoms with Crippen LogP contribution < -0.4 is 52.4 Å². The maximum Gasteiger partial charge on any atom is 0.252 e. The zero-order valence-corrected chi connectivity index (χ0v) is 49.2. The van der Waals surface area contributed by atoms with E-state index in [0.29, 0.717) is 0 Å². The molecule has 0 spiro atoms. The van der Waals surface area contributed by atoms with Gasteiger partial charge in [-0.1, -0.05) is 255 Å². The van der Waals surface area contributed by atoms with E-state index in [1.807, 2.05) is 11.3 Å². The lowest BCUT2D eigenvalue weighted by Gasteiger charge is -2.51. The summed E-state index contributed by atoms with van der Waals surface area (Å²) in [4.78, 5) is 13.0. The van der Waals surface area contributed by atoms with E-state index in [1.54, 1.807) is 0 Å². The van der Waals surface area contributed by atoms with Crippen molar-refractivity contribution in [2.75, 3.05) is 19.6 Å². The van der Waals surface area contributed by atoms with Crippen LogP contribution in [0.5, 0.6) is 0 Å². The fourth-order valence-electron chi connectivity index (χ4n) is 15.3. The number of hydrogen-bond acceptors (Lipinski definition) is 5. The maximum absolute atomic E-state index is 2.72. The number of fused-ring (bicyclic) bond motifs is 11. The molecule has 0 aliphatic carbocycles. The molecule has 412 valence electrons. The first kappa shape index (κ1) is 50.1. The van der Waals surface area contributed by atoms with Gasteiger partial charge in [0, 0.05) is 45.5 Å². The average molecular weight is 1150 g/mol. The molecule has 0 atom stereocenters. The van der Waals surface area contributed by atoms with Crippen LogP contribution in [-0.2, 0) is 0 Å². The summed E-state index contributed by atoms with van der Waals surface area (Å²) in [5, 5.41) is 0. The first-order valence-electron chi connectivity index (χ1n) is 30.8. The van der Waals surface area contributed by atoms with Gasteiger partial charge in [-0.25, -0.2) is 0 Å². The lowest BCUT2D eigenvalue weighted by molar-refractivity contribution is 1.18. The molecule has 89 heavy (non-hydrogen) atoms. The largest absolute Gasteiger partial charge is 0.311 e. The van der Waals surface area contributed by atoms with Crippen LogP contribution in [0.1, 0.15) is 0 Å². The van der Waals surface area contributed by atoms with Gasteiger partial charge in [-0.05, 0) is 149 Å². The summed E-state index contributed by atoms with van der Waals surface area (Å²) in [6.45, 7) is -0.208. The van der Waals surface area contributed by atoms with Crippen molar-refractivity contribution in [3.63, 3.8) is 0 Å². The number of benzene rings is 13. The summed E-state index contributed by atoms with van der Waals surface area (Å²) in [7, 11) is 0. The average Bonchev–Trinajstić information content (AvgIpc) is 1.65. The Morgan fingerprint density at radius 3 is 0.966 bits per heavy atom. The Bertz CT molecular complexity index is 5140. The van der Waals surface area contributed by atoms with Crippen LogP contribution in [0.3, 0.4) is 0 Å². The SMILES string of the molecule is c1ccc(-c2ccc(N3c4ccc(-c5ccccc5)cc4B4c5ccc6c7c5N(c5cccc3c54)c3c(-c4ccccc4)sc(-c4ccccc4)c3N7c3cccc4c3B6c3ccc(-c5ccccc5)cc3N4c3ccc(-c4ccccc4)cc3)cc2)cc1. The maximum atomic E-state index is 2.72. The van der Waals surface area contributed by atoms with Gasteiger partial charge in [0.15, 0.2) is 0 Å². The van der Waals surface area contributed by atoms with Crippen molar-refractivity contribution in [3.05, 3.63) is 315 Å². The summed E-state index contributed by atoms with van der Waals surface area (Å²) in [6, 6.07) is 118. The Balaban J connectivity index is 0.905. The second kappa shape index (κ2) is 19.7. The molecule has 0 radical (unpaired) electrons. The fraction of sp³-hybridized carbons (Fsp3) is 0. The van der Waals surface area contributed by atoms with Gasteiger partial charge in [0.05, 0.1) is 32.5 Å². The Hall–Kier alpha value is -11.1. The normalized spacial score (nSPS) is 13.3. The molecule has 5 aliphatic heterocycles. The number of rotatable bonds is 8. The molecular formula is C82H52B2N4S. The van der Waals surface area contributed by atoms with E-state index in [0.717, 1.165) is 11.4 Å². The molecule has 0 unspecified atom stereocenters. The van der Waals surface area contributed by atoms with Gasteiger partial charge in [0.2, 0.25) is 0 Å². The fourth-order valence-corrected chi connectivity index (χ4v) is 16.6. The first-order valence-corrected chi connectivity index (χ1v) is 31.6. The highest BCUT2D eigenvalue weighted by Gasteiger charge is 2.53. The minimum Gasteiger partial charge on any atom is -0.311 e. The van der Waals surface area contributed by atoms with Gasteiger partial charge < -0.3 is 19.6 Å². The monoisotopic (exact) mass is 1150 g/mol. The van der Waals surface area contributed by atoms with E-state index in [4.69, 9.17) is 0 Å². The smallest absolute Gasteiger partial charge is 0.252 e. The molecule has 6 heterocycles. The second-order valence-corrected chi connectivity index (χ2v) is 24.9. The van der Waals surface area contributed by atoms with Crippen LogP contribution >= 0.6 is 11.3 Å². The minimum atomic E-state index is -0.110. The molecule has 0 fully saturated rings. The van der Waals surface area contributed by atoms with E-state index < -0.39 is 0 Å². The quantitative estimate of drug-likeness (QED) is 0.141. The van der Waals surface area contributed by atoms with Crippen LogP contribution in [-0.4, -0.2) is 13.4 Å². The van der Waals surface area contributed by atoms with Crippen molar-refractivity contribution in [1.82, 2.24) is 0 Å². The molecule has 14 aromatic rings. The third-order valence-corrected chi connectivity index (χ3v) is 20.4. The molecule has 0 saturated carbocycles. The van der Waals surface area contributed by atoms with Gasteiger partial charge in [0.25, 0.3) is 13.4 Å². The van der Waals surface area contributed by atoms with E-state index in [2.05, 4.69) is 335 Å². The van der Waals surface area contributed by atoms with Crippen LogP contribution in [0.25, 0.3) is 65.4 Å². The topological polar surface area (TPSA) is 13.0 Å². The standard InChI is InChI=1S/C82H52B2N4S/c1-7-21-53(22-8-1)57-37-43-63(44-38-57)85-69-50-42-61(55-25-11-3-12-26-55)51-68(69)84-67-49-48-66-77-78(67)88(73-36-19-33-70(85)76(73)84)80-79(81(59-29-15-5-16-30-59)89-82(80)60-31-17-6-18-32-60)87(77)72-35-20-34-71-75(72)83(66)65-47-41-62(56-27-13-4-14-28-56)52-74(65)86(71)64-45-39-58(40-46-64)54-23-9-2-10-24-54/h1-52H. The summed E-state index contributed by atoms with van der Waals surface area (Å²) < 4.78 is 0. The zero-order valence-electron chi connectivity index (χ0n) is 48.4. The van der Waals surface area contributed by atoms with Crippen LogP contribution in [0.4, 0.5) is 68.2 Å². The molecule has 0 saturated heterocycles. The van der Waals surface area contributed by atoms with E-state index in [-0.39, 0.29) is 13.4 Å². The van der Waals surface area contributed by atoms with Crippen molar-refractivity contribution in [3.8, 4) is 65.4 Å². The van der Waals surface area contributed by atoms with Crippen molar-refractivity contribution in [1.29, 1.82) is 0 Å². The minimum absolute atomic E-state index is 0.0985. The Morgan fingerprint density at radius 1 is 0.202 bits per heavy atom. The molecule has 1 aromatic heterocycles.